The SMILES string of the molecule is CC(C)[C@@H](NC(=O)OCC1c2ccccc2-c2ccccc21)C(=O)N1CC(C)(C)C1C(=O)O. The van der Waals surface area contributed by atoms with E-state index in [2.05, 4.69) is 17.4 Å². The van der Waals surface area contributed by atoms with Gasteiger partial charge >= 0.3 is 12.1 Å². The third-order valence-corrected chi connectivity index (χ3v) is 6.70. The Balaban J connectivity index is 1.44. The van der Waals surface area contributed by atoms with E-state index < -0.39 is 35.5 Å². The molecule has 33 heavy (non-hydrogen) atoms. The quantitative estimate of drug-likeness (QED) is 0.697. The summed E-state index contributed by atoms with van der Waals surface area (Å²) >= 11 is 0. The van der Waals surface area contributed by atoms with E-state index in [1.54, 1.807) is 0 Å². The number of carboxylic acids is 1. The maximum absolute atomic E-state index is 13.1. The third-order valence-electron chi connectivity index (χ3n) is 6.70. The van der Waals surface area contributed by atoms with Gasteiger partial charge in [0.25, 0.3) is 0 Å². The van der Waals surface area contributed by atoms with Gasteiger partial charge in [0, 0.05) is 17.9 Å². The first-order chi connectivity index (χ1) is 15.6. The van der Waals surface area contributed by atoms with Crippen molar-refractivity contribution >= 4 is 18.0 Å². The van der Waals surface area contributed by atoms with Crippen LogP contribution < -0.4 is 5.32 Å². The molecule has 2 aliphatic rings. The molecule has 7 nitrogen and oxygen atoms in total. The summed E-state index contributed by atoms with van der Waals surface area (Å²) < 4.78 is 5.58. The molecule has 2 atom stereocenters. The van der Waals surface area contributed by atoms with Crippen molar-refractivity contribution < 1.29 is 24.2 Å². The molecule has 7 heteroatoms. The van der Waals surface area contributed by atoms with E-state index in [0.29, 0.717) is 6.54 Å². The molecule has 1 aliphatic heterocycles. The molecule has 1 aliphatic carbocycles. The van der Waals surface area contributed by atoms with Crippen molar-refractivity contribution in [2.45, 2.75) is 45.7 Å². The highest BCUT2D eigenvalue weighted by atomic mass is 16.5. The Morgan fingerprint density at radius 1 is 1.06 bits per heavy atom. The number of nitrogens with zero attached hydrogens (tertiary/aromatic N) is 1. The number of aliphatic carboxylic acids is 1. The van der Waals surface area contributed by atoms with Gasteiger partial charge in [-0.1, -0.05) is 76.2 Å². The van der Waals surface area contributed by atoms with Gasteiger partial charge in [0.2, 0.25) is 5.91 Å². The summed E-state index contributed by atoms with van der Waals surface area (Å²) in [6.07, 6.45) is -0.685. The van der Waals surface area contributed by atoms with Crippen LogP contribution in [0.3, 0.4) is 0 Å². The van der Waals surface area contributed by atoms with Gasteiger partial charge in [-0.25, -0.2) is 9.59 Å². The standard InChI is InChI=1S/C26H30N2O5/c1-15(2)21(23(29)28-14-26(3,4)22(28)24(30)31)27-25(32)33-13-20-18-11-7-5-9-16(18)17-10-6-8-12-19(17)20/h5-12,15,20-22H,13-14H2,1-4H3,(H,27,32)(H,30,31)/t21-,22?/m1/s1. The number of alkyl carbamates (subject to hydrolysis) is 1. The zero-order valence-electron chi connectivity index (χ0n) is 19.4. The molecule has 4 rings (SSSR count). The summed E-state index contributed by atoms with van der Waals surface area (Å²) in [5.74, 6) is -1.74. The normalized spacial score (nSPS) is 19.3. The Labute approximate surface area is 193 Å². The second kappa shape index (κ2) is 8.54. The van der Waals surface area contributed by atoms with Crippen molar-refractivity contribution in [2.75, 3.05) is 13.2 Å². The van der Waals surface area contributed by atoms with E-state index >= 15 is 0 Å². The lowest BCUT2D eigenvalue weighted by Gasteiger charge is -2.52. The molecule has 2 N–H and O–H groups in total. The number of carbonyl (C=O) groups is 3. The fraction of sp³-hybridized carbons (Fsp3) is 0.423. The van der Waals surface area contributed by atoms with E-state index in [1.165, 1.54) is 4.90 Å². The van der Waals surface area contributed by atoms with Gasteiger partial charge in [0.05, 0.1) is 0 Å². The van der Waals surface area contributed by atoms with Crippen LogP contribution in [0.5, 0.6) is 0 Å². The maximum Gasteiger partial charge on any atom is 0.407 e. The number of rotatable bonds is 6. The average molecular weight is 451 g/mol. The number of nitrogens with one attached hydrogen (secondary N) is 1. The van der Waals surface area contributed by atoms with Crippen molar-refractivity contribution in [3.05, 3.63) is 59.7 Å². The highest BCUT2D eigenvalue weighted by Gasteiger charge is 2.54. The van der Waals surface area contributed by atoms with Gasteiger partial charge in [-0.05, 0) is 28.2 Å². The molecule has 1 fully saturated rings. The summed E-state index contributed by atoms with van der Waals surface area (Å²) in [6, 6.07) is 14.4. The van der Waals surface area contributed by atoms with Crippen LogP contribution in [-0.4, -0.2) is 53.2 Å². The van der Waals surface area contributed by atoms with Crippen LogP contribution >= 0.6 is 0 Å². The van der Waals surface area contributed by atoms with Crippen LogP contribution in [0.2, 0.25) is 0 Å². The molecule has 0 aromatic heterocycles. The predicted molar refractivity (Wildman–Crippen MR) is 124 cm³/mol. The lowest BCUT2D eigenvalue weighted by molar-refractivity contribution is -0.173. The van der Waals surface area contributed by atoms with E-state index in [4.69, 9.17) is 4.74 Å². The Bertz CT molecular complexity index is 1050. The number of ether oxygens (including phenoxy) is 1. The summed E-state index contributed by atoms with van der Waals surface area (Å²) in [7, 11) is 0. The first-order valence-electron chi connectivity index (χ1n) is 11.3. The van der Waals surface area contributed by atoms with Gasteiger partial charge in [0.1, 0.15) is 18.7 Å². The number of hydrogen-bond acceptors (Lipinski definition) is 4. The molecule has 2 amide bonds. The number of hydrogen-bond donors (Lipinski definition) is 2. The average Bonchev–Trinajstić information content (AvgIpc) is 3.07. The maximum atomic E-state index is 13.1. The Morgan fingerprint density at radius 3 is 2.09 bits per heavy atom. The highest BCUT2D eigenvalue weighted by molar-refractivity contribution is 5.91. The number of likely N-dealkylation sites (tertiary alicyclic amines) is 1. The summed E-state index contributed by atoms with van der Waals surface area (Å²) in [5, 5.41) is 12.2. The molecule has 174 valence electrons. The summed E-state index contributed by atoms with van der Waals surface area (Å²) in [5.41, 5.74) is 3.98. The number of carbonyl (C=O) groups excluding carboxylic acids is 2. The number of benzene rings is 2. The molecule has 1 saturated heterocycles. The summed E-state index contributed by atoms with van der Waals surface area (Å²) in [6.45, 7) is 7.74. The summed E-state index contributed by atoms with van der Waals surface area (Å²) in [4.78, 5) is 38.8. The van der Waals surface area contributed by atoms with Gasteiger partial charge in [0.15, 0.2) is 0 Å². The minimum atomic E-state index is -1.04. The van der Waals surface area contributed by atoms with Crippen LogP contribution in [0, 0.1) is 11.3 Å². The van der Waals surface area contributed by atoms with Gasteiger partial charge < -0.3 is 20.1 Å². The van der Waals surface area contributed by atoms with Crippen molar-refractivity contribution in [1.29, 1.82) is 0 Å². The minimum absolute atomic E-state index is 0.0797. The molecule has 0 radical (unpaired) electrons. The zero-order chi connectivity index (χ0) is 23.9. The van der Waals surface area contributed by atoms with Crippen molar-refractivity contribution in [1.82, 2.24) is 10.2 Å². The highest BCUT2D eigenvalue weighted by Crippen LogP contribution is 2.44. The van der Waals surface area contributed by atoms with Gasteiger partial charge in [-0.15, -0.1) is 0 Å². The molecule has 1 unspecified atom stereocenters. The second-order valence-corrected chi connectivity index (χ2v) is 9.89. The van der Waals surface area contributed by atoms with Gasteiger partial charge in [-0.2, -0.15) is 0 Å². The first kappa shape index (κ1) is 22.8. The monoisotopic (exact) mass is 450 g/mol. The van der Waals surface area contributed by atoms with Crippen molar-refractivity contribution in [3.8, 4) is 11.1 Å². The first-order valence-corrected chi connectivity index (χ1v) is 11.3. The zero-order valence-corrected chi connectivity index (χ0v) is 19.4. The molecule has 1 heterocycles. The third kappa shape index (κ3) is 4.08. The lowest BCUT2D eigenvalue weighted by atomic mass is 9.74. The minimum Gasteiger partial charge on any atom is -0.480 e. The van der Waals surface area contributed by atoms with E-state index in [-0.39, 0.29) is 18.4 Å². The van der Waals surface area contributed by atoms with Crippen LogP contribution in [0.15, 0.2) is 48.5 Å². The molecule has 0 spiro atoms. The largest absolute Gasteiger partial charge is 0.480 e. The smallest absolute Gasteiger partial charge is 0.407 e. The predicted octanol–water partition coefficient (Wildman–Crippen LogP) is 3.87. The molecule has 2 aromatic rings. The van der Waals surface area contributed by atoms with Crippen molar-refractivity contribution in [2.24, 2.45) is 11.3 Å². The molecule has 0 saturated carbocycles. The number of carboxylic acid groups (broad SMARTS) is 1. The van der Waals surface area contributed by atoms with Crippen molar-refractivity contribution in [3.63, 3.8) is 0 Å². The number of amides is 2. The van der Waals surface area contributed by atoms with E-state index in [0.717, 1.165) is 22.3 Å². The number of fused-ring (bicyclic) bond motifs is 3. The van der Waals surface area contributed by atoms with Crippen LogP contribution in [0.1, 0.15) is 44.7 Å². The fourth-order valence-corrected chi connectivity index (χ4v) is 5.06. The second-order valence-electron chi connectivity index (χ2n) is 9.89. The van der Waals surface area contributed by atoms with E-state index in [1.807, 2.05) is 64.1 Å². The lowest BCUT2D eigenvalue weighted by Crippen LogP contribution is -2.70. The van der Waals surface area contributed by atoms with E-state index in [9.17, 15) is 19.5 Å². The van der Waals surface area contributed by atoms with Gasteiger partial charge in [-0.3, -0.25) is 4.79 Å². The fourth-order valence-electron chi connectivity index (χ4n) is 5.06. The molecule has 2 aromatic carbocycles. The van der Waals surface area contributed by atoms with Crippen LogP contribution in [0.25, 0.3) is 11.1 Å². The molecular formula is C26H30N2O5. The Kier molecular flexibility index (Phi) is 5.91. The molecular weight excluding hydrogens is 420 g/mol. The Morgan fingerprint density at radius 2 is 1.61 bits per heavy atom. The van der Waals surface area contributed by atoms with Crippen LogP contribution in [0.4, 0.5) is 4.79 Å². The molecule has 0 bridgehead atoms. The topological polar surface area (TPSA) is 95.9 Å². The van der Waals surface area contributed by atoms with Crippen LogP contribution in [-0.2, 0) is 14.3 Å². The Hall–Kier alpha value is -3.35.